The number of rotatable bonds is 5. The van der Waals surface area contributed by atoms with Crippen molar-refractivity contribution in [2.75, 3.05) is 43.4 Å². The van der Waals surface area contributed by atoms with Crippen LogP contribution in [-0.2, 0) is 9.59 Å². The summed E-state index contributed by atoms with van der Waals surface area (Å²) in [4.78, 5) is 28.1. The van der Waals surface area contributed by atoms with E-state index in [9.17, 15) is 9.59 Å². The quantitative estimate of drug-likeness (QED) is 0.797. The van der Waals surface area contributed by atoms with Gasteiger partial charge in [-0.3, -0.25) is 9.59 Å². The van der Waals surface area contributed by atoms with Crippen LogP contribution in [0.5, 0.6) is 0 Å². The number of hydrogen-bond acceptors (Lipinski definition) is 4. The summed E-state index contributed by atoms with van der Waals surface area (Å²) >= 11 is 0. The van der Waals surface area contributed by atoms with Gasteiger partial charge in [0.2, 0.25) is 11.8 Å². The maximum Gasteiger partial charge on any atom is 0.233 e. The van der Waals surface area contributed by atoms with Gasteiger partial charge in [-0.15, -0.1) is 0 Å². The van der Waals surface area contributed by atoms with Crippen molar-refractivity contribution in [3.8, 4) is 0 Å². The monoisotopic (exact) mass is 316 g/mol. The Morgan fingerprint density at radius 2 is 1.70 bits per heavy atom. The van der Waals surface area contributed by atoms with E-state index >= 15 is 0 Å². The highest BCUT2D eigenvalue weighted by Gasteiger charge is 2.24. The molecule has 2 aliphatic rings. The molecular formula is C17H24N4O2. The summed E-state index contributed by atoms with van der Waals surface area (Å²) in [5.41, 5.74) is 1.90. The van der Waals surface area contributed by atoms with Gasteiger partial charge in [-0.05, 0) is 44.2 Å². The molecule has 1 aromatic carbocycles. The fraction of sp³-hybridized carbons (Fsp3) is 0.529. The van der Waals surface area contributed by atoms with Crippen LogP contribution in [0.3, 0.4) is 0 Å². The van der Waals surface area contributed by atoms with Gasteiger partial charge in [0, 0.05) is 43.6 Å². The summed E-state index contributed by atoms with van der Waals surface area (Å²) in [5, 5.41) is 5.59. The van der Waals surface area contributed by atoms with Crippen LogP contribution in [0.25, 0.3) is 0 Å². The second-order valence-corrected chi connectivity index (χ2v) is 6.40. The standard InChI is InChI=1S/C17H24N4O2/c1-20-8-10-21(11-9-20)15-6-4-14(5-7-15)19-17(23)12-16(22)18-13-2-3-13/h4-7,13H,2-3,8-12H2,1H3,(H,18,22)(H,19,23). The molecule has 0 spiro atoms. The third-order valence-corrected chi connectivity index (χ3v) is 4.28. The first-order valence-electron chi connectivity index (χ1n) is 8.23. The molecule has 6 nitrogen and oxygen atoms in total. The van der Waals surface area contributed by atoms with Crippen molar-refractivity contribution in [1.29, 1.82) is 0 Å². The lowest BCUT2D eigenvalue weighted by Crippen LogP contribution is -2.44. The number of amides is 2. The Bertz CT molecular complexity index is 560. The van der Waals surface area contributed by atoms with Crippen molar-refractivity contribution in [1.82, 2.24) is 10.2 Å². The van der Waals surface area contributed by atoms with Gasteiger partial charge in [-0.25, -0.2) is 0 Å². The Hall–Kier alpha value is -2.08. The molecular weight excluding hydrogens is 292 g/mol. The van der Waals surface area contributed by atoms with Crippen molar-refractivity contribution in [2.24, 2.45) is 0 Å². The number of likely N-dealkylation sites (N-methyl/N-ethyl adjacent to an activating group) is 1. The lowest BCUT2D eigenvalue weighted by molar-refractivity contribution is -0.126. The smallest absolute Gasteiger partial charge is 0.233 e. The predicted octanol–water partition coefficient (Wildman–Crippen LogP) is 1.05. The summed E-state index contributed by atoms with van der Waals surface area (Å²) in [6.07, 6.45) is 1.94. The average molecular weight is 316 g/mol. The van der Waals surface area contributed by atoms with Crippen molar-refractivity contribution < 1.29 is 9.59 Å². The van der Waals surface area contributed by atoms with Crippen LogP contribution in [0.1, 0.15) is 19.3 Å². The number of nitrogens with one attached hydrogen (secondary N) is 2. The zero-order valence-electron chi connectivity index (χ0n) is 13.5. The van der Waals surface area contributed by atoms with Gasteiger partial charge in [0.05, 0.1) is 0 Å². The Labute approximate surface area is 136 Å². The lowest BCUT2D eigenvalue weighted by Gasteiger charge is -2.34. The SMILES string of the molecule is CN1CCN(c2ccc(NC(=O)CC(=O)NC3CC3)cc2)CC1. The number of carbonyl (C=O) groups is 2. The molecule has 0 radical (unpaired) electrons. The van der Waals surface area contributed by atoms with E-state index in [0.29, 0.717) is 0 Å². The van der Waals surface area contributed by atoms with Crippen LogP contribution in [-0.4, -0.2) is 56.0 Å². The van der Waals surface area contributed by atoms with E-state index in [2.05, 4.69) is 27.5 Å². The van der Waals surface area contributed by atoms with Crippen LogP contribution in [0, 0.1) is 0 Å². The first kappa shape index (κ1) is 15.8. The highest BCUT2D eigenvalue weighted by atomic mass is 16.2. The number of piperazine rings is 1. The van der Waals surface area contributed by atoms with E-state index in [0.717, 1.165) is 44.7 Å². The lowest BCUT2D eigenvalue weighted by atomic mass is 10.2. The zero-order chi connectivity index (χ0) is 16.2. The largest absolute Gasteiger partial charge is 0.369 e. The van der Waals surface area contributed by atoms with Crippen LogP contribution in [0.4, 0.5) is 11.4 Å². The van der Waals surface area contributed by atoms with E-state index in [1.54, 1.807) is 0 Å². The molecule has 0 atom stereocenters. The van der Waals surface area contributed by atoms with E-state index in [-0.39, 0.29) is 24.3 Å². The van der Waals surface area contributed by atoms with E-state index in [4.69, 9.17) is 0 Å². The summed E-state index contributed by atoms with van der Waals surface area (Å²) < 4.78 is 0. The number of nitrogens with zero attached hydrogens (tertiary/aromatic N) is 2. The van der Waals surface area contributed by atoms with Crippen molar-refractivity contribution >= 4 is 23.2 Å². The molecule has 1 aliphatic heterocycles. The number of hydrogen-bond donors (Lipinski definition) is 2. The van der Waals surface area contributed by atoms with Crippen molar-refractivity contribution in [3.63, 3.8) is 0 Å². The van der Waals surface area contributed by atoms with E-state index < -0.39 is 0 Å². The zero-order valence-corrected chi connectivity index (χ0v) is 13.5. The van der Waals surface area contributed by atoms with Crippen LogP contribution in [0.15, 0.2) is 24.3 Å². The average Bonchev–Trinajstić information content (AvgIpc) is 3.32. The topological polar surface area (TPSA) is 64.7 Å². The van der Waals surface area contributed by atoms with Gasteiger partial charge in [-0.2, -0.15) is 0 Å². The highest BCUT2D eigenvalue weighted by Crippen LogP contribution is 2.20. The van der Waals surface area contributed by atoms with Gasteiger partial charge in [0.1, 0.15) is 6.42 Å². The fourth-order valence-electron chi connectivity index (χ4n) is 2.68. The number of anilines is 2. The first-order valence-corrected chi connectivity index (χ1v) is 8.23. The predicted molar refractivity (Wildman–Crippen MR) is 90.6 cm³/mol. The van der Waals surface area contributed by atoms with Gasteiger partial charge >= 0.3 is 0 Å². The minimum Gasteiger partial charge on any atom is -0.369 e. The summed E-state index contributed by atoms with van der Waals surface area (Å²) in [7, 11) is 2.13. The summed E-state index contributed by atoms with van der Waals surface area (Å²) in [5.74, 6) is -0.463. The molecule has 0 aromatic heterocycles. The molecule has 1 saturated heterocycles. The molecule has 3 rings (SSSR count). The molecule has 124 valence electrons. The van der Waals surface area contributed by atoms with Crippen LogP contribution in [0.2, 0.25) is 0 Å². The third kappa shape index (κ3) is 4.69. The van der Waals surface area contributed by atoms with E-state index in [1.165, 1.54) is 5.69 Å². The van der Waals surface area contributed by atoms with E-state index in [1.807, 2.05) is 24.3 Å². The maximum absolute atomic E-state index is 11.9. The highest BCUT2D eigenvalue weighted by molar-refractivity contribution is 6.03. The van der Waals surface area contributed by atoms with Crippen LogP contribution < -0.4 is 15.5 Å². The van der Waals surface area contributed by atoms with Crippen molar-refractivity contribution in [2.45, 2.75) is 25.3 Å². The molecule has 2 amide bonds. The van der Waals surface area contributed by atoms with Gasteiger partial charge in [-0.1, -0.05) is 0 Å². The molecule has 2 fully saturated rings. The van der Waals surface area contributed by atoms with Gasteiger partial charge < -0.3 is 20.4 Å². The molecule has 1 aliphatic carbocycles. The van der Waals surface area contributed by atoms with Crippen LogP contribution >= 0.6 is 0 Å². The molecule has 1 heterocycles. The summed E-state index contributed by atoms with van der Waals surface area (Å²) in [6, 6.07) is 8.11. The normalized spacial score (nSPS) is 18.6. The Balaban J connectivity index is 1.48. The molecule has 0 unspecified atom stereocenters. The van der Waals surface area contributed by atoms with Gasteiger partial charge in [0.15, 0.2) is 0 Å². The number of carbonyl (C=O) groups excluding carboxylic acids is 2. The van der Waals surface area contributed by atoms with Crippen molar-refractivity contribution in [3.05, 3.63) is 24.3 Å². The minimum atomic E-state index is -0.268. The number of benzene rings is 1. The Morgan fingerprint density at radius 1 is 1.04 bits per heavy atom. The third-order valence-electron chi connectivity index (χ3n) is 4.28. The minimum absolute atomic E-state index is 0.114. The molecule has 0 bridgehead atoms. The molecule has 23 heavy (non-hydrogen) atoms. The Morgan fingerprint density at radius 3 is 2.30 bits per heavy atom. The molecule has 2 N–H and O–H groups in total. The second kappa shape index (κ2) is 7.00. The molecule has 1 aromatic rings. The second-order valence-electron chi connectivity index (χ2n) is 6.40. The molecule has 1 saturated carbocycles. The fourth-order valence-corrected chi connectivity index (χ4v) is 2.68. The molecule has 6 heteroatoms. The first-order chi connectivity index (χ1) is 11.1. The maximum atomic E-state index is 11.9. The summed E-state index contributed by atoms with van der Waals surface area (Å²) in [6.45, 7) is 4.16. The van der Waals surface area contributed by atoms with Gasteiger partial charge in [0.25, 0.3) is 0 Å². The Kier molecular flexibility index (Phi) is 4.81.